The average Bonchev–Trinajstić information content (AvgIpc) is 0.875. The first kappa shape index (κ1) is 107. The number of methoxy groups -OCH3 is 1. The van der Waals surface area contributed by atoms with E-state index in [4.69, 9.17) is 38.4 Å². The number of aryl methyl sites for hydroxylation is 1. The molecule has 5 aromatic rings. The SMILES string of the molecule is CCCCCCCCCCCCCCCCCCN1C(C(C(=O)Nc2cc(C(C)(C)C)ccc2SCC(CC)CCCC)N2C(=O)OC(C)(C)C2=O)=Nc2ccccc2S1(=O)=O.CCCCCCCCCCCCCCCCCCN1C(C(C(=O)Nc2ccccc2Sc2cc(C)ccc2OCCOCCOCCOC)N2C(=O)OC(C)(C)C2=O)=Nc2ccccc2S1(=O)=O. The molecule has 5 aromatic carbocycles. The van der Waals surface area contributed by atoms with Crippen LogP contribution in [0.15, 0.2) is 144 Å². The van der Waals surface area contributed by atoms with Crippen molar-refractivity contribution in [2.24, 2.45) is 15.9 Å². The van der Waals surface area contributed by atoms with Crippen LogP contribution in [0.3, 0.4) is 0 Å². The van der Waals surface area contributed by atoms with Gasteiger partial charge in [0.1, 0.15) is 22.1 Å². The number of amides is 6. The van der Waals surface area contributed by atoms with Crippen LogP contribution in [0.25, 0.3) is 0 Å². The number of cyclic esters (lactones) is 2. The summed E-state index contributed by atoms with van der Waals surface area (Å²) in [5, 5.41) is 6.03. The highest BCUT2D eigenvalue weighted by Crippen LogP contribution is 2.44. The summed E-state index contributed by atoms with van der Waals surface area (Å²) in [4.78, 5) is 98.7. The number of sulfonamides is 2. The number of carbonyl (C=O) groups excluding carboxylic acids is 6. The minimum absolute atomic E-state index is 0.00598. The molecule has 24 nitrogen and oxygen atoms in total. The van der Waals surface area contributed by atoms with E-state index in [1.807, 2.05) is 49.4 Å². The topological polar surface area (TPSA) is 288 Å². The number of nitrogens with one attached hydrogen (secondary N) is 2. The number of imide groups is 2. The highest BCUT2D eigenvalue weighted by atomic mass is 32.2. The van der Waals surface area contributed by atoms with Crippen molar-refractivity contribution in [2.75, 3.05) is 76.2 Å². The van der Waals surface area contributed by atoms with Crippen molar-refractivity contribution in [3.63, 3.8) is 0 Å². The molecule has 4 aliphatic heterocycles. The highest BCUT2D eigenvalue weighted by Gasteiger charge is 2.57. The Hall–Kier alpha value is -7.86. The van der Waals surface area contributed by atoms with E-state index >= 15 is 4.79 Å². The lowest BCUT2D eigenvalue weighted by Crippen LogP contribution is -2.59. The van der Waals surface area contributed by atoms with Crippen molar-refractivity contribution in [3.05, 3.63) is 120 Å². The lowest BCUT2D eigenvalue weighted by atomic mass is 9.87. The number of rotatable bonds is 61. The molecule has 0 bridgehead atoms. The zero-order valence-corrected chi connectivity index (χ0v) is 83.6. The third-order valence-corrected chi connectivity index (χ3v) is 30.3. The van der Waals surface area contributed by atoms with Crippen LogP contribution in [-0.4, -0.2) is 172 Å². The number of benzene rings is 5. The van der Waals surface area contributed by atoms with Gasteiger partial charge < -0.3 is 39.1 Å². The number of aliphatic imine (C=N–C) groups is 2. The molecular formula is C102H152N8O16S4. The molecule has 3 atom stereocenters. The maximum atomic E-state index is 15.0. The van der Waals surface area contributed by atoms with Gasteiger partial charge in [-0.1, -0.05) is 321 Å². The van der Waals surface area contributed by atoms with Gasteiger partial charge in [0.15, 0.2) is 35.0 Å². The summed E-state index contributed by atoms with van der Waals surface area (Å²) >= 11 is 3.02. The van der Waals surface area contributed by atoms with Gasteiger partial charge in [0.25, 0.3) is 43.7 Å². The number of thioether (sulfide) groups is 1. The van der Waals surface area contributed by atoms with Crippen LogP contribution in [0.5, 0.6) is 5.75 Å². The van der Waals surface area contributed by atoms with Crippen LogP contribution >= 0.6 is 23.5 Å². The fourth-order valence-corrected chi connectivity index (χ4v) is 21.9. The highest BCUT2D eigenvalue weighted by molar-refractivity contribution is 7.99. The van der Waals surface area contributed by atoms with Crippen molar-refractivity contribution < 1.29 is 74.0 Å². The minimum atomic E-state index is -4.28. The molecule has 0 aromatic heterocycles. The second-order valence-electron chi connectivity index (χ2n) is 36.8. The molecule has 0 radical (unpaired) electrons. The predicted molar refractivity (Wildman–Crippen MR) is 524 cm³/mol. The third-order valence-electron chi connectivity index (χ3n) is 24.2. The smallest absolute Gasteiger partial charge is 0.418 e. The van der Waals surface area contributed by atoms with E-state index in [0.717, 1.165) is 117 Å². The molecule has 6 amide bonds. The molecule has 9 rings (SSSR count). The number of para-hydroxylation sites is 3. The second kappa shape index (κ2) is 55.1. The first-order chi connectivity index (χ1) is 62.4. The van der Waals surface area contributed by atoms with Gasteiger partial charge in [0.2, 0.25) is 0 Å². The minimum Gasteiger partial charge on any atom is -0.490 e. The Kier molecular flexibility index (Phi) is 45.6. The number of ether oxygens (including phenoxy) is 6. The van der Waals surface area contributed by atoms with Gasteiger partial charge in [-0.15, -0.1) is 11.8 Å². The second-order valence-corrected chi connectivity index (χ2v) is 42.6. The van der Waals surface area contributed by atoms with E-state index in [1.54, 1.807) is 67.4 Å². The van der Waals surface area contributed by atoms with E-state index in [-0.39, 0.29) is 57.9 Å². The Labute approximate surface area is 786 Å². The van der Waals surface area contributed by atoms with Gasteiger partial charge in [0.05, 0.1) is 60.7 Å². The molecule has 2 N–H and O–H groups in total. The first-order valence-corrected chi connectivity index (χ1v) is 53.2. The molecule has 2 fully saturated rings. The monoisotopic (exact) mass is 1870 g/mol. The number of nitrogens with zero attached hydrogens (tertiary/aromatic N) is 6. The molecule has 3 unspecified atom stereocenters. The summed E-state index contributed by atoms with van der Waals surface area (Å²) in [6, 6.07) is 28.1. The van der Waals surface area contributed by atoms with Crippen LogP contribution in [0.2, 0.25) is 0 Å². The van der Waals surface area contributed by atoms with Gasteiger partial charge in [-0.2, -0.15) is 0 Å². The fourth-order valence-electron chi connectivity index (χ4n) is 16.4. The van der Waals surface area contributed by atoms with Gasteiger partial charge in [0, 0.05) is 35.7 Å². The Morgan fingerprint density at radius 2 is 0.862 bits per heavy atom. The maximum Gasteiger partial charge on any atom is 0.418 e. The predicted octanol–water partition coefficient (Wildman–Crippen LogP) is 24.6. The van der Waals surface area contributed by atoms with Crippen LogP contribution in [0.1, 0.15) is 318 Å². The van der Waals surface area contributed by atoms with Gasteiger partial charge >= 0.3 is 12.2 Å². The molecule has 4 aliphatic rings. The Balaban J connectivity index is 0.000000322. The van der Waals surface area contributed by atoms with Crippen LogP contribution in [0, 0.1) is 12.8 Å². The molecule has 4 heterocycles. The molecule has 720 valence electrons. The zero-order chi connectivity index (χ0) is 94.1. The van der Waals surface area contributed by atoms with Crippen LogP contribution in [0.4, 0.5) is 32.3 Å². The maximum absolute atomic E-state index is 15.0. The number of unbranched alkanes of at least 4 members (excludes halogenated alkanes) is 31. The number of amidine groups is 2. The zero-order valence-electron chi connectivity index (χ0n) is 80.3. The van der Waals surface area contributed by atoms with E-state index in [9.17, 15) is 40.8 Å². The molecule has 0 spiro atoms. The Bertz CT molecular complexity index is 4710. The normalized spacial score (nSPS) is 16.1. The first-order valence-electron chi connectivity index (χ1n) is 48.5. The largest absolute Gasteiger partial charge is 0.490 e. The van der Waals surface area contributed by atoms with Gasteiger partial charge in [-0.3, -0.25) is 27.8 Å². The average molecular weight is 1870 g/mol. The lowest BCUT2D eigenvalue weighted by Gasteiger charge is -2.35. The molecule has 130 heavy (non-hydrogen) atoms. The van der Waals surface area contributed by atoms with Crippen molar-refractivity contribution in [1.82, 2.24) is 18.4 Å². The van der Waals surface area contributed by atoms with Gasteiger partial charge in [-0.25, -0.2) is 46.2 Å². The Morgan fingerprint density at radius 3 is 1.28 bits per heavy atom. The van der Waals surface area contributed by atoms with Crippen molar-refractivity contribution in [3.8, 4) is 5.75 Å². The van der Waals surface area contributed by atoms with Crippen molar-refractivity contribution >= 4 is 114 Å². The van der Waals surface area contributed by atoms with E-state index in [2.05, 4.69) is 65.2 Å². The molecular weight excluding hydrogens is 1720 g/mol. The van der Waals surface area contributed by atoms with Gasteiger partial charge in [-0.05, 0) is 137 Å². The standard InChI is InChI=1S/C52H74N4O10S2.C50H78N4O6S2/c1-6-7-8-9-10-11-12-13-14-15-16-17-18-19-20-25-32-55-48(53-42-27-22-24-29-46(42)68(55,60)61)47(56-50(58)52(3,4)66-51(56)59)49(57)54-41-26-21-23-28-44(41)67-45-39-40(2)30-31-43(45)65-38-37-64-36-35-63-34-33-62-5;1-9-12-14-15-16-17-18-19-20-21-22-23-24-25-26-29-35-53-45(51-40-31-27-28-32-43(40)62(53,58)59)44(54-47(56)50(7,8)60-48(54)57)46(55)52-41-36-39(49(4,5)6)33-34-42(41)61-37-38(11-3)30-13-10-2/h21-24,26-31,39,47H,6-20,25,32-38H2,1-5H3,(H,54,57);27-28,31-34,36,38,44H,9-26,29-30,35,37H2,1-8H3,(H,52,55). The number of hydrogen-bond acceptors (Lipinski definition) is 20. The number of fused-ring (bicyclic) bond motifs is 2. The molecule has 0 saturated carbocycles. The number of anilines is 2. The van der Waals surface area contributed by atoms with E-state index < -0.39 is 79.1 Å². The molecule has 0 aliphatic carbocycles. The molecule has 28 heteroatoms. The lowest BCUT2D eigenvalue weighted by molar-refractivity contribution is -0.137. The summed E-state index contributed by atoms with van der Waals surface area (Å²) in [7, 11) is -6.89. The summed E-state index contributed by atoms with van der Waals surface area (Å²) in [6.45, 7) is 25.5. The summed E-state index contributed by atoms with van der Waals surface area (Å²) in [6.07, 6.45) is 39.8. The van der Waals surface area contributed by atoms with Crippen LogP contribution < -0.4 is 15.4 Å². The van der Waals surface area contributed by atoms with E-state index in [0.29, 0.717) is 78.7 Å². The summed E-state index contributed by atoms with van der Waals surface area (Å²) in [5.74, 6) is -1.61. The van der Waals surface area contributed by atoms with Crippen LogP contribution in [-0.2, 0) is 68.3 Å². The van der Waals surface area contributed by atoms with Crippen molar-refractivity contribution in [2.45, 2.75) is 367 Å². The summed E-state index contributed by atoms with van der Waals surface area (Å²) < 4.78 is 93.7. The van der Waals surface area contributed by atoms with E-state index in [1.165, 1.54) is 193 Å². The fraction of sp³-hybridized carbons (Fsp3) is 0.627. The third kappa shape index (κ3) is 32.5. The van der Waals surface area contributed by atoms with Crippen molar-refractivity contribution in [1.29, 1.82) is 0 Å². The number of carbonyl (C=O) groups is 6. The number of hydrogen-bond donors (Lipinski definition) is 2. The molecule has 2 saturated heterocycles. The quantitative estimate of drug-likeness (QED) is 0.0270. The Morgan fingerprint density at radius 1 is 0.462 bits per heavy atom. The summed E-state index contributed by atoms with van der Waals surface area (Å²) in [5.41, 5.74) is -0.311.